The molecule has 4 nitrogen and oxygen atoms in total. The molecule has 1 saturated carbocycles. The zero-order valence-electron chi connectivity index (χ0n) is 10.8. The molecule has 0 bridgehead atoms. The molecule has 1 fully saturated rings. The fourth-order valence-electron chi connectivity index (χ4n) is 1.39. The Balaban J connectivity index is 1.99. The van der Waals surface area contributed by atoms with Crippen LogP contribution in [0.4, 0.5) is 5.69 Å². The Bertz CT molecular complexity index is 408. The van der Waals surface area contributed by atoms with Crippen LogP contribution in [-0.2, 0) is 0 Å². The van der Waals surface area contributed by atoms with Crippen LogP contribution in [-0.4, -0.2) is 28.1 Å². The minimum absolute atomic E-state index is 0.0948. The third-order valence-electron chi connectivity index (χ3n) is 3.00. The number of aromatic nitrogens is 1. The lowest BCUT2D eigenvalue weighted by Gasteiger charge is -2.14. The van der Waals surface area contributed by atoms with E-state index >= 15 is 0 Å². The molecule has 1 aromatic rings. The van der Waals surface area contributed by atoms with E-state index in [1.54, 1.807) is 6.92 Å². The number of nitrogen functional groups attached to an aromatic ring is 1. The second-order valence-corrected chi connectivity index (χ2v) is 6.26. The van der Waals surface area contributed by atoms with Crippen LogP contribution in [0.3, 0.4) is 0 Å². The summed E-state index contributed by atoms with van der Waals surface area (Å²) in [4.78, 5) is 4.40. The maximum Gasteiger partial charge on any atom is 0.238 e. The minimum Gasteiger partial charge on any atom is -0.476 e. The number of ether oxygens (including phenoxy) is 1. The fourth-order valence-corrected chi connectivity index (χ4v) is 2.25. The van der Waals surface area contributed by atoms with Crippen molar-refractivity contribution in [2.45, 2.75) is 43.1 Å². The lowest BCUT2D eigenvalue weighted by molar-refractivity contribution is 0.196. The third kappa shape index (κ3) is 3.78. The zero-order valence-corrected chi connectivity index (χ0v) is 11.6. The first kappa shape index (κ1) is 13.5. The molecule has 1 aliphatic carbocycles. The predicted molar refractivity (Wildman–Crippen MR) is 73.9 cm³/mol. The number of rotatable bonds is 6. The van der Waals surface area contributed by atoms with E-state index in [1.165, 1.54) is 24.6 Å². The van der Waals surface area contributed by atoms with Gasteiger partial charge >= 0.3 is 0 Å². The van der Waals surface area contributed by atoms with E-state index < -0.39 is 0 Å². The summed E-state index contributed by atoms with van der Waals surface area (Å²) in [5.41, 5.74) is 6.41. The van der Waals surface area contributed by atoms with Crippen LogP contribution < -0.4 is 10.5 Å². The first-order valence-corrected chi connectivity index (χ1v) is 7.18. The van der Waals surface area contributed by atoms with Crippen LogP contribution in [0.15, 0.2) is 17.2 Å². The Kier molecular flexibility index (Phi) is 4.35. The van der Waals surface area contributed by atoms with E-state index in [1.807, 2.05) is 19.1 Å². The van der Waals surface area contributed by atoms with E-state index in [0.29, 0.717) is 24.1 Å². The van der Waals surface area contributed by atoms with E-state index in [2.05, 4.69) is 4.98 Å². The molecular weight excluding hydrogens is 248 g/mol. The number of thioether (sulfide) groups is 1. The summed E-state index contributed by atoms with van der Waals surface area (Å²) in [6.07, 6.45) is 2.12. The molecule has 2 rings (SSSR count). The highest BCUT2D eigenvalue weighted by Gasteiger charge is 2.22. The van der Waals surface area contributed by atoms with Crippen molar-refractivity contribution in [3.63, 3.8) is 0 Å². The van der Waals surface area contributed by atoms with Crippen molar-refractivity contribution in [1.82, 2.24) is 4.98 Å². The molecule has 2 unspecified atom stereocenters. The van der Waals surface area contributed by atoms with Crippen LogP contribution in [0.5, 0.6) is 5.88 Å². The Hall–Kier alpha value is -0.940. The summed E-state index contributed by atoms with van der Waals surface area (Å²) in [7, 11) is 0. The standard InChI is InChI=1S/C13H20N2O2S/c1-8(16)9(2)18-12-6-5-11(14)13(15-12)17-7-10-3-4-10/h5-6,8-10,16H,3-4,7,14H2,1-2H3. The molecule has 2 atom stereocenters. The van der Waals surface area contributed by atoms with Crippen molar-refractivity contribution >= 4 is 17.4 Å². The maximum atomic E-state index is 9.49. The smallest absolute Gasteiger partial charge is 0.238 e. The van der Waals surface area contributed by atoms with Gasteiger partial charge in [-0.1, -0.05) is 6.92 Å². The van der Waals surface area contributed by atoms with Gasteiger partial charge in [0, 0.05) is 5.25 Å². The van der Waals surface area contributed by atoms with Crippen LogP contribution in [0.25, 0.3) is 0 Å². The van der Waals surface area contributed by atoms with Crippen LogP contribution in [0, 0.1) is 5.92 Å². The van der Waals surface area contributed by atoms with Crippen molar-refractivity contribution in [1.29, 1.82) is 0 Å². The quantitative estimate of drug-likeness (QED) is 0.775. The van der Waals surface area contributed by atoms with E-state index in [0.717, 1.165) is 5.03 Å². The third-order valence-corrected chi connectivity index (χ3v) is 4.24. The number of aliphatic hydroxyl groups is 1. The van der Waals surface area contributed by atoms with Crippen molar-refractivity contribution in [3.05, 3.63) is 12.1 Å². The topological polar surface area (TPSA) is 68.4 Å². The summed E-state index contributed by atoms with van der Waals surface area (Å²) >= 11 is 1.53. The highest BCUT2D eigenvalue weighted by Crippen LogP contribution is 2.32. The molecule has 0 saturated heterocycles. The number of aliphatic hydroxyl groups excluding tert-OH is 1. The molecule has 0 aromatic carbocycles. The molecule has 3 N–H and O–H groups in total. The number of hydrogen-bond donors (Lipinski definition) is 2. The first-order valence-electron chi connectivity index (χ1n) is 6.30. The average Bonchev–Trinajstić information content (AvgIpc) is 3.13. The zero-order chi connectivity index (χ0) is 13.1. The van der Waals surface area contributed by atoms with Gasteiger partial charge in [-0.15, -0.1) is 11.8 Å². The molecule has 0 amide bonds. The van der Waals surface area contributed by atoms with Crippen LogP contribution in [0.1, 0.15) is 26.7 Å². The summed E-state index contributed by atoms with van der Waals surface area (Å²) < 4.78 is 5.63. The summed E-state index contributed by atoms with van der Waals surface area (Å²) in [6, 6.07) is 3.68. The van der Waals surface area contributed by atoms with Gasteiger partial charge in [-0.2, -0.15) is 0 Å². The molecule has 0 spiro atoms. The number of pyridine rings is 1. The Morgan fingerprint density at radius 2 is 2.22 bits per heavy atom. The average molecular weight is 268 g/mol. The molecule has 100 valence electrons. The number of anilines is 1. The van der Waals surface area contributed by atoms with Gasteiger partial charge in [0.1, 0.15) is 5.03 Å². The largest absolute Gasteiger partial charge is 0.476 e. The van der Waals surface area contributed by atoms with Gasteiger partial charge in [-0.25, -0.2) is 4.98 Å². The number of nitrogens with two attached hydrogens (primary N) is 1. The van der Waals surface area contributed by atoms with Gasteiger partial charge in [0.2, 0.25) is 5.88 Å². The van der Waals surface area contributed by atoms with Crippen molar-refractivity contribution in [3.8, 4) is 5.88 Å². The highest BCUT2D eigenvalue weighted by atomic mass is 32.2. The van der Waals surface area contributed by atoms with E-state index in [-0.39, 0.29) is 11.4 Å². The summed E-state index contributed by atoms with van der Waals surface area (Å²) in [5.74, 6) is 1.20. The fraction of sp³-hybridized carbons (Fsp3) is 0.615. The van der Waals surface area contributed by atoms with Crippen LogP contribution in [0.2, 0.25) is 0 Å². The lowest BCUT2D eigenvalue weighted by Crippen LogP contribution is -2.15. The van der Waals surface area contributed by atoms with E-state index in [4.69, 9.17) is 10.5 Å². The SMILES string of the molecule is CC(O)C(C)Sc1ccc(N)c(OCC2CC2)n1. The van der Waals surface area contributed by atoms with Gasteiger partial charge in [0.15, 0.2) is 0 Å². The van der Waals surface area contributed by atoms with Crippen molar-refractivity contribution in [2.75, 3.05) is 12.3 Å². The Morgan fingerprint density at radius 1 is 1.50 bits per heavy atom. The molecule has 0 aliphatic heterocycles. The van der Waals surface area contributed by atoms with E-state index in [9.17, 15) is 5.11 Å². The second-order valence-electron chi connectivity index (χ2n) is 4.86. The Morgan fingerprint density at radius 3 is 2.83 bits per heavy atom. The molecule has 0 radical (unpaired) electrons. The number of hydrogen-bond acceptors (Lipinski definition) is 5. The van der Waals surface area contributed by atoms with Gasteiger partial charge < -0.3 is 15.6 Å². The summed E-state index contributed by atoms with van der Waals surface area (Å²) in [5, 5.41) is 10.4. The van der Waals surface area contributed by atoms with Gasteiger partial charge in [0.25, 0.3) is 0 Å². The second kappa shape index (κ2) is 5.80. The summed E-state index contributed by atoms with van der Waals surface area (Å²) in [6.45, 7) is 4.45. The molecular formula is C13H20N2O2S. The van der Waals surface area contributed by atoms with Crippen molar-refractivity contribution in [2.24, 2.45) is 5.92 Å². The van der Waals surface area contributed by atoms with Crippen molar-refractivity contribution < 1.29 is 9.84 Å². The molecule has 18 heavy (non-hydrogen) atoms. The molecule has 1 heterocycles. The monoisotopic (exact) mass is 268 g/mol. The van der Waals surface area contributed by atoms with Crippen LogP contribution >= 0.6 is 11.8 Å². The predicted octanol–water partition coefficient (Wildman–Crippen LogP) is 2.31. The maximum absolute atomic E-state index is 9.49. The highest BCUT2D eigenvalue weighted by molar-refractivity contribution is 7.99. The molecule has 5 heteroatoms. The van der Waals surface area contributed by atoms with Gasteiger partial charge in [-0.3, -0.25) is 0 Å². The molecule has 1 aliphatic rings. The first-order chi connectivity index (χ1) is 8.56. The Labute approximate surface area is 112 Å². The van der Waals surface area contributed by atoms with Gasteiger partial charge in [0.05, 0.1) is 18.4 Å². The molecule has 1 aromatic heterocycles. The normalized spacial score (nSPS) is 18.4. The number of nitrogens with zero attached hydrogens (tertiary/aromatic N) is 1. The minimum atomic E-state index is -0.370. The lowest BCUT2D eigenvalue weighted by atomic mass is 10.3. The van der Waals surface area contributed by atoms with Gasteiger partial charge in [-0.05, 0) is 37.8 Å².